The summed E-state index contributed by atoms with van der Waals surface area (Å²) in [5.41, 5.74) is -3.93. The molecule has 1 aromatic carbocycles. The highest BCUT2D eigenvalue weighted by molar-refractivity contribution is 6.15. The van der Waals surface area contributed by atoms with Gasteiger partial charge in [0.1, 0.15) is 17.6 Å². The maximum absolute atomic E-state index is 14.2. The van der Waals surface area contributed by atoms with Crippen LogP contribution < -0.4 is 15.5 Å². The number of imidazole rings is 1. The molecule has 0 unspecified atom stereocenters. The Labute approximate surface area is 326 Å². The molecule has 21 heteroatoms. The summed E-state index contributed by atoms with van der Waals surface area (Å²) in [6, 6.07) is 4.80. The summed E-state index contributed by atoms with van der Waals surface area (Å²) < 4.78 is 93.4. The van der Waals surface area contributed by atoms with Crippen molar-refractivity contribution < 1.29 is 50.6 Å². The van der Waals surface area contributed by atoms with Gasteiger partial charge in [0.2, 0.25) is 0 Å². The third-order valence-corrected chi connectivity index (χ3v) is 9.60. The number of imide groups is 1. The van der Waals surface area contributed by atoms with Crippen LogP contribution in [-0.4, -0.2) is 95.9 Å². The van der Waals surface area contributed by atoms with Crippen LogP contribution in [0.2, 0.25) is 0 Å². The second-order valence-corrected chi connectivity index (χ2v) is 15.2. The summed E-state index contributed by atoms with van der Waals surface area (Å²) in [5.74, 6) is -0.417. The zero-order chi connectivity index (χ0) is 41.9. The molecule has 4 aromatic heterocycles. The molecule has 1 aliphatic heterocycles. The van der Waals surface area contributed by atoms with Crippen molar-refractivity contribution in [2.24, 2.45) is 0 Å². The van der Waals surface area contributed by atoms with Gasteiger partial charge in [-0.3, -0.25) is 9.30 Å². The van der Waals surface area contributed by atoms with E-state index in [1.54, 1.807) is 10.8 Å². The number of alkyl halides is 6. The lowest BCUT2D eigenvalue weighted by Crippen LogP contribution is -2.44. The van der Waals surface area contributed by atoms with Crippen LogP contribution >= 0.6 is 0 Å². The number of nitrogens with one attached hydrogen (secondary N) is 2. The van der Waals surface area contributed by atoms with Crippen molar-refractivity contribution in [2.75, 3.05) is 48.8 Å². The second-order valence-electron chi connectivity index (χ2n) is 15.2. The van der Waals surface area contributed by atoms with Gasteiger partial charge in [-0.15, -0.1) is 0 Å². The predicted octanol–water partition coefficient (Wildman–Crippen LogP) is 7.93. The summed E-state index contributed by atoms with van der Waals surface area (Å²) >= 11 is 0. The fourth-order valence-corrected chi connectivity index (χ4v) is 6.74. The summed E-state index contributed by atoms with van der Waals surface area (Å²) in [6.45, 7) is 7.21. The molecule has 5 heterocycles. The Hall–Kier alpha value is -5.96. The number of hydrogen-bond donors (Lipinski definition) is 3. The van der Waals surface area contributed by atoms with Crippen LogP contribution in [-0.2, 0) is 23.6 Å². The fourth-order valence-electron chi connectivity index (χ4n) is 6.74. The molecule has 5 aromatic rings. The van der Waals surface area contributed by atoms with Crippen molar-refractivity contribution >= 4 is 52.1 Å². The molecule has 1 saturated carbocycles. The Morgan fingerprint density at radius 1 is 0.914 bits per heavy atom. The van der Waals surface area contributed by atoms with Gasteiger partial charge in [-0.25, -0.2) is 29.3 Å². The molecule has 0 atom stereocenters. The zero-order valence-corrected chi connectivity index (χ0v) is 31.6. The number of halogens is 6. The number of carbonyl (C=O) groups excluding carboxylic acids is 2. The Kier molecular flexibility index (Phi) is 10.2. The first kappa shape index (κ1) is 40.2. The number of nitrogens with zero attached hydrogens (tertiary/aromatic N) is 8. The smallest absolute Gasteiger partial charge is 0.434 e. The number of benzene rings is 1. The molecule has 58 heavy (non-hydrogen) atoms. The molecule has 7 rings (SSSR count). The van der Waals surface area contributed by atoms with E-state index in [2.05, 4.69) is 30.5 Å². The minimum Gasteiger partial charge on any atom is -0.464 e. The van der Waals surface area contributed by atoms with Gasteiger partial charge in [0.15, 0.2) is 17.2 Å². The van der Waals surface area contributed by atoms with Crippen molar-refractivity contribution in [2.45, 2.75) is 64.2 Å². The van der Waals surface area contributed by atoms with Crippen molar-refractivity contribution in [1.82, 2.24) is 33.7 Å². The third-order valence-electron chi connectivity index (χ3n) is 9.60. The molecule has 1 aliphatic carbocycles. The first-order chi connectivity index (χ1) is 27.2. The molecule has 15 nitrogen and oxygen atoms in total. The number of fused-ring (bicyclic) bond motifs is 2. The SMILES string of the molecule is CN1CCN(Cc2ccc(NC(=O)Nc3ccc(-c4cn(C5CC5)c5ncnc(N(C(=O)O)C(=O)OC(C)(C)C)c45)n4cc(C(F)(F)F)nc34)cc2C(F)(F)F)CC1. The average molecular weight is 817 g/mol. The Balaban J connectivity index is 1.27. The minimum atomic E-state index is -4.96. The number of carboxylic acid groups (broad SMARTS) is 1. The van der Waals surface area contributed by atoms with Crippen LogP contribution in [0.25, 0.3) is 27.9 Å². The van der Waals surface area contributed by atoms with Gasteiger partial charge in [0.25, 0.3) is 0 Å². The number of ether oxygens (including phenoxy) is 1. The van der Waals surface area contributed by atoms with Crippen LogP contribution in [0, 0.1) is 0 Å². The Morgan fingerprint density at radius 3 is 2.24 bits per heavy atom. The predicted molar refractivity (Wildman–Crippen MR) is 199 cm³/mol. The van der Waals surface area contributed by atoms with E-state index in [1.165, 1.54) is 45.0 Å². The zero-order valence-electron chi connectivity index (χ0n) is 31.6. The number of rotatable bonds is 7. The number of hydrogen-bond acceptors (Lipinski definition) is 9. The number of urea groups is 1. The molecular formula is C37H38F6N10O5. The maximum Gasteiger partial charge on any atom is 0.434 e. The lowest BCUT2D eigenvalue weighted by Gasteiger charge is -2.33. The van der Waals surface area contributed by atoms with E-state index in [0.29, 0.717) is 32.4 Å². The van der Waals surface area contributed by atoms with Gasteiger partial charge in [0.05, 0.1) is 22.3 Å². The molecular weight excluding hydrogens is 778 g/mol. The highest BCUT2D eigenvalue weighted by Gasteiger charge is 2.38. The fraction of sp³-hybridized carbons (Fsp3) is 0.405. The number of likely N-dealkylation sites (N-methyl/N-ethyl adjacent to an activating group) is 1. The number of carbonyl (C=O) groups is 3. The summed E-state index contributed by atoms with van der Waals surface area (Å²) in [6.07, 6.45) is -8.01. The van der Waals surface area contributed by atoms with Gasteiger partial charge < -0.3 is 29.9 Å². The lowest BCUT2D eigenvalue weighted by atomic mass is 10.0. The van der Waals surface area contributed by atoms with E-state index in [9.17, 15) is 45.8 Å². The van der Waals surface area contributed by atoms with E-state index in [-0.39, 0.29) is 56.7 Å². The topological polar surface area (TPSA) is 162 Å². The third kappa shape index (κ3) is 8.35. The van der Waals surface area contributed by atoms with Crippen molar-refractivity contribution in [3.05, 3.63) is 65.9 Å². The molecule has 3 N–H and O–H groups in total. The minimum absolute atomic E-state index is 0.00112. The van der Waals surface area contributed by atoms with Gasteiger partial charge >= 0.3 is 30.6 Å². The maximum atomic E-state index is 14.2. The van der Waals surface area contributed by atoms with Crippen LogP contribution in [0.5, 0.6) is 0 Å². The molecule has 0 bridgehead atoms. The van der Waals surface area contributed by atoms with Crippen molar-refractivity contribution in [1.29, 1.82) is 0 Å². The van der Waals surface area contributed by atoms with E-state index in [1.807, 2.05) is 11.9 Å². The average Bonchev–Trinajstić information content (AvgIpc) is 3.72. The van der Waals surface area contributed by atoms with Gasteiger partial charge in [0, 0.05) is 62.4 Å². The van der Waals surface area contributed by atoms with E-state index < -0.39 is 58.9 Å². The molecule has 1 saturated heterocycles. The molecule has 4 amide bonds. The second kappa shape index (κ2) is 14.8. The highest BCUT2D eigenvalue weighted by Crippen LogP contribution is 2.44. The Bertz CT molecular complexity index is 2410. The van der Waals surface area contributed by atoms with Crippen LogP contribution in [0.3, 0.4) is 0 Å². The van der Waals surface area contributed by atoms with Crippen LogP contribution in [0.15, 0.2) is 49.1 Å². The Morgan fingerprint density at radius 2 is 1.62 bits per heavy atom. The van der Waals surface area contributed by atoms with Gasteiger partial charge in [-0.1, -0.05) is 6.07 Å². The molecule has 2 aliphatic rings. The number of amides is 4. The first-order valence-corrected chi connectivity index (χ1v) is 18.1. The van der Waals surface area contributed by atoms with Crippen LogP contribution in [0.1, 0.15) is 56.5 Å². The lowest BCUT2D eigenvalue weighted by molar-refractivity contribution is -0.141. The monoisotopic (exact) mass is 816 g/mol. The van der Waals surface area contributed by atoms with E-state index in [4.69, 9.17) is 4.74 Å². The standard InChI is InChI=1S/C37H38F6N10O5/c1-35(2,3)58-34(57)53(33(55)56)31-28-23(17-51(22-7-8-22)30(28)44-19-45-31)26-10-9-25(29-48-27(18-52(26)29)37(41,42)43)47-32(54)46-21-6-5-20(24(15-21)36(38,39)40)16-50-13-11-49(4)12-14-50/h5-6,9-10,15,17-19,22H,7-8,11-14,16H2,1-4H3,(H,55,56)(H2,46,47,54). The quantitative estimate of drug-likeness (QED) is 0.138. The van der Waals surface area contributed by atoms with Gasteiger partial charge in [-0.2, -0.15) is 31.2 Å². The molecule has 0 spiro atoms. The summed E-state index contributed by atoms with van der Waals surface area (Å²) in [4.78, 5) is 55.6. The highest BCUT2D eigenvalue weighted by atomic mass is 19.4. The molecule has 2 fully saturated rings. The summed E-state index contributed by atoms with van der Waals surface area (Å²) in [7, 11) is 1.93. The summed E-state index contributed by atoms with van der Waals surface area (Å²) in [5, 5.41) is 14.9. The van der Waals surface area contributed by atoms with Gasteiger partial charge in [-0.05, 0) is 70.5 Å². The normalized spacial score (nSPS) is 15.8. The van der Waals surface area contributed by atoms with E-state index in [0.717, 1.165) is 29.6 Å². The van der Waals surface area contributed by atoms with Crippen molar-refractivity contribution in [3.63, 3.8) is 0 Å². The first-order valence-electron chi connectivity index (χ1n) is 18.1. The molecule has 0 radical (unpaired) electrons. The number of anilines is 3. The van der Waals surface area contributed by atoms with Crippen molar-refractivity contribution in [3.8, 4) is 11.3 Å². The molecule has 308 valence electrons. The van der Waals surface area contributed by atoms with E-state index >= 15 is 0 Å². The largest absolute Gasteiger partial charge is 0.464 e. The number of aromatic nitrogens is 5. The number of pyridine rings is 1. The van der Waals surface area contributed by atoms with Crippen LogP contribution in [0.4, 0.5) is 57.9 Å². The number of piperazine rings is 1.